The summed E-state index contributed by atoms with van der Waals surface area (Å²) in [6, 6.07) is 8.55. The van der Waals surface area contributed by atoms with E-state index in [1.807, 2.05) is 11.9 Å². The topological polar surface area (TPSA) is 68.2 Å². The highest BCUT2D eigenvalue weighted by Crippen LogP contribution is 2.44. The normalized spacial score (nSPS) is 16.9. The lowest BCUT2D eigenvalue weighted by molar-refractivity contribution is -0.117. The molecule has 29 heavy (non-hydrogen) atoms. The summed E-state index contributed by atoms with van der Waals surface area (Å²) in [4.78, 5) is 15.6. The van der Waals surface area contributed by atoms with E-state index in [1.165, 1.54) is 23.5 Å². The van der Waals surface area contributed by atoms with Crippen molar-refractivity contribution in [3.63, 3.8) is 0 Å². The molecule has 0 atom stereocenters. The highest BCUT2D eigenvalue weighted by Gasteiger charge is 2.40. The zero-order valence-electron chi connectivity index (χ0n) is 17.5. The van der Waals surface area contributed by atoms with E-state index in [4.69, 9.17) is 0 Å². The van der Waals surface area contributed by atoms with Crippen molar-refractivity contribution in [1.82, 2.24) is 10.2 Å². The van der Waals surface area contributed by atoms with Crippen molar-refractivity contribution < 1.29 is 9.18 Å². The number of nitrogens with one attached hydrogen (secondary N) is 2. The van der Waals surface area contributed by atoms with Gasteiger partial charge in [0.1, 0.15) is 16.9 Å². The Hall–Kier alpha value is -2.27. The van der Waals surface area contributed by atoms with Crippen LogP contribution >= 0.6 is 11.3 Å². The number of amides is 1. The van der Waals surface area contributed by atoms with E-state index >= 15 is 0 Å². The second kappa shape index (κ2) is 7.86. The van der Waals surface area contributed by atoms with E-state index in [9.17, 15) is 14.4 Å². The quantitative estimate of drug-likeness (QED) is 0.776. The summed E-state index contributed by atoms with van der Waals surface area (Å²) in [6.07, 6.45) is 0.742. The fourth-order valence-corrected chi connectivity index (χ4v) is 5.35. The minimum atomic E-state index is -0.277. The number of rotatable bonds is 5. The molecule has 0 spiro atoms. The molecule has 0 radical (unpaired) electrons. The van der Waals surface area contributed by atoms with E-state index < -0.39 is 0 Å². The van der Waals surface area contributed by atoms with Gasteiger partial charge in [0.2, 0.25) is 5.91 Å². The molecule has 0 saturated carbocycles. The predicted octanol–water partition coefficient (Wildman–Crippen LogP) is 3.99. The Morgan fingerprint density at radius 3 is 2.59 bits per heavy atom. The third kappa shape index (κ3) is 4.84. The maximum Gasteiger partial charge on any atom is 0.239 e. The van der Waals surface area contributed by atoms with Gasteiger partial charge in [0.05, 0.1) is 12.1 Å². The first-order valence-corrected chi connectivity index (χ1v) is 10.4. The van der Waals surface area contributed by atoms with Gasteiger partial charge >= 0.3 is 0 Å². The molecule has 7 heteroatoms. The third-order valence-electron chi connectivity index (χ3n) is 4.99. The van der Waals surface area contributed by atoms with E-state index in [0.29, 0.717) is 17.1 Å². The van der Waals surface area contributed by atoms with Crippen LogP contribution in [0.15, 0.2) is 24.3 Å². The molecule has 1 aromatic carbocycles. The molecule has 0 fully saturated rings. The van der Waals surface area contributed by atoms with Gasteiger partial charge in [-0.1, -0.05) is 12.1 Å². The number of nitriles is 1. The van der Waals surface area contributed by atoms with Crippen molar-refractivity contribution in [2.75, 3.05) is 18.9 Å². The lowest BCUT2D eigenvalue weighted by atomic mass is 9.81. The Kier molecular flexibility index (Phi) is 5.81. The molecule has 2 N–H and O–H groups in total. The van der Waals surface area contributed by atoms with Crippen LogP contribution in [0.25, 0.3) is 0 Å². The number of carbonyl (C=O) groups excluding carboxylic acids is 1. The molecule has 2 heterocycles. The average Bonchev–Trinajstić information content (AvgIpc) is 2.92. The van der Waals surface area contributed by atoms with E-state index in [1.54, 1.807) is 12.1 Å². The second-order valence-corrected chi connectivity index (χ2v) is 9.90. The lowest BCUT2D eigenvalue weighted by Crippen LogP contribution is -2.54. The van der Waals surface area contributed by atoms with Crippen LogP contribution in [0.3, 0.4) is 0 Å². The molecule has 0 bridgehead atoms. The van der Waals surface area contributed by atoms with E-state index in [0.717, 1.165) is 22.4 Å². The summed E-state index contributed by atoms with van der Waals surface area (Å²) in [5, 5.41) is 16.9. The number of benzene rings is 1. The molecule has 1 aromatic heterocycles. The number of anilines is 1. The largest absolute Gasteiger partial charge is 0.315 e. The van der Waals surface area contributed by atoms with Crippen molar-refractivity contribution in [3.05, 3.63) is 51.7 Å². The van der Waals surface area contributed by atoms with Gasteiger partial charge in [-0.25, -0.2) is 4.39 Å². The van der Waals surface area contributed by atoms with Crippen molar-refractivity contribution in [2.24, 2.45) is 0 Å². The first-order chi connectivity index (χ1) is 13.5. The molecule has 0 saturated heterocycles. The Morgan fingerprint density at radius 2 is 1.97 bits per heavy atom. The highest BCUT2D eigenvalue weighted by atomic mass is 32.1. The summed E-state index contributed by atoms with van der Waals surface area (Å²) < 4.78 is 13.0. The van der Waals surface area contributed by atoms with Crippen LogP contribution in [0, 0.1) is 17.1 Å². The van der Waals surface area contributed by atoms with Crippen LogP contribution in [-0.2, 0) is 23.3 Å². The summed E-state index contributed by atoms with van der Waals surface area (Å²) in [7, 11) is 1.84. The van der Waals surface area contributed by atoms with Gasteiger partial charge in [0.15, 0.2) is 0 Å². The molecule has 3 rings (SSSR count). The Morgan fingerprint density at radius 1 is 1.31 bits per heavy atom. The van der Waals surface area contributed by atoms with Crippen molar-refractivity contribution in [1.29, 1.82) is 5.26 Å². The summed E-state index contributed by atoms with van der Waals surface area (Å²) in [6.45, 7) is 9.17. The van der Waals surface area contributed by atoms with Gasteiger partial charge in [-0.15, -0.1) is 11.3 Å². The molecular formula is C22H27FN4OS. The molecule has 154 valence electrons. The van der Waals surface area contributed by atoms with Gasteiger partial charge in [-0.05, 0) is 64.4 Å². The van der Waals surface area contributed by atoms with Crippen molar-refractivity contribution >= 4 is 22.2 Å². The number of hydrogen-bond donors (Lipinski definition) is 2. The molecular weight excluding hydrogens is 387 g/mol. The molecule has 0 aliphatic carbocycles. The number of nitrogens with zero attached hydrogens (tertiary/aromatic N) is 2. The fourth-order valence-electron chi connectivity index (χ4n) is 4.10. The number of likely N-dealkylation sites (N-methyl/N-ethyl adjacent to an activating group) is 1. The van der Waals surface area contributed by atoms with Gasteiger partial charge in [0, 0.05) is 22.5 Å². The minimum absolute atomic E-state index is 0.125. The number of fused-ring (bicyclic) bond motifs is 1. The Bertz CT molecular complexity index is 956. The summed E-state index contributed by atoms with van der Waals surface area (Å²) in [5.74, 6) is -0.449. The Labute approximate surface area is 175 Å². The number of thiophene rings is 1. The minimum Gasteiger partial charge on any atom is -0.315 e. The summed E-state index contributed by atoms with van der Waals surface area (Å²) >= 11 is 1.48. The van der Waals surface area contributed by atoms with Crippen LogP contribution in [0.2, 0.25) is 0 Å². The number of carbonyl (C=O) groups is 1. The van der Waals surface area contributed by atoms with Crippen molar-refractivity contribution in [2.45, 2.75) is 51.7 Å². The number of hydrogen-bond acceptors (Lipinski definition) is 5. The third-order valence-corrected chi connectivity index (χ3v) is 6.46. The van der Waals surface area contributed by atoms with Gasteiger partial charge in [0.25, 0.3) is 0 Å². The second-order valence-electron chi connectivity index (χ2n) is 8.88. The smallest absolute Gasteiger partial charge is 0.239 e. The molecule has 0 unspecified atom stereocenters. The van der Waals surface area contributed by atoms with Gasteiger partial charge < -0.3 is 10.6 Å². The van der Waals surface area contributed by atoms with Crippen LogP contribution in [0.5, 0.6) is 0 Å². The lowest BCUT2D eigenvalue weighted by Gasteiger charge is -2.42. The molecule has 1 aliphatic rings. The van der Waals surface area contributed by atoms with Crippen LogP contribution in [0.1, 0.15) is 49.3 Å². The SMILES string of the molecule is CN(CC(=O)Nc1sc2c(c1C#N)CC(C)(C)NC2(C)C)Cc1ccc(F)cc1. The van der Waals surface area contributed by atoms with Crippen LogP contribution in [-0.4, -0.2) is 29.9 Å². The fraction of sp³-hybridized carbons (Fsp3) is 0.455. The first-order valence-electron chi connectivity index (χ1n) is 9.59. The Balaban J connectivity index is 1.73. The van der Waals surface area contributed by atoms with Crippen molar-refractivity contribution in [3.8, 4) is 6.07 Å². The highest BCUT2D eigenvalue weighted by molar-refractivity contribution is 7.17. The summed E-state index contributed by atoms with van der Waals surface area (Å²) in [5.41, 5.74) is 2.14. The van der Waals surface area contributed by atoms with E-state index in [2.05, 4.69) is 44.4 Å². The van der Waals surface area contributed by atoms with Gasteiger partial charge in [-0.2, -0.15) is 5.26 Å². The first kappa shape index (κ1) is 21.4. The van der Waals surface area contributed by atoms with Gasteiger partial charge in [-0.3, -0.25) is 9.69 Å². The standard InChI is InChI=1S/C22H27FN4OS/c1-21(2)10-16-17(11-24)20(29-19(16)22(3,4)26-21)25-18(28)13-27(5)12-14-6-8-15(23)9-7-14/h6-9,26H,10,12-13H2,1-5H3,(H,25,28). The zero-order valence-corrected chi connectivity index (χ0v) is 18.3. The van der Waals surface area contributed by atoms with Crippen LogP contribution in [0.4, 0.5) is 9.39 Å². The number of halogens is 1. The molecule has 2 aromatic rings. The maximum absolute atomic E-state index is 13.0. The monoisotopic (exact) mass is 414 g/mol. The van der Waals surface area contributed by atoms with Crippen LogP contribution < -0.4 is 10.6 Å². The maximum atomic E-state index is 13.0. The molecule has 5 nitrogen and oxygen atoms in total. The van der Waals surface area contributed by atoms with E-state index in [-0.39, 0.29) is 29.3 Å². The molecule has 1 aliphatic heterocycles. The predicted molar refractivity (Wildman–Crippen MR) is 114 cm³/mol. The molecule has 1 amide bonds. The average molecular weight is 415 g/mol. The zero-order chi connectivity index (χ0) is 21.4.